The fourth-order valence-corrected chi connectivity index (χ4v) is 2.73. The molecule has 2 unspecified atom stereocenters. The molecular formula is C15H22N2O3. The van der Waals surface area contributed by atoms with Crippen molar-refractivity contribution in [1.82, 2.24) is 4.90 Å². The van der Waals surface area contributed by atoms with Crippen molar-refractivity contribution in [2.24, 2.45) is 0 Å². The number of methoxy groups -OCH3 is 1. The van der Waals surface area contributed by atoms with Crippen LogP contribution in [0.4, 0.5) is 5.69 Å². The van der Waals surface area contributed by atoms with Gasteiger partial charge in [-0.1, -0.05) is 12.8 Å². The first kappa shape index (κ1) is 14.7. The molecule has 2 rings (SSSR count). The maximum atomic E-state index is 12.6. The van der Waals surface area contributed by atoms with Gasteiger partial charge in [-0.15, -0.1) is 0 Å². The number of nitrogens with two attached hydrogens (primary N) is 1. The van der Waals surface area contributed by atoms with Gasteiger partial charge in [-0.2, -0.15) is 0 Å². The molecule has 1 aliphatic rings. The molecule has 0 aliphatic heterocycles. The van der Waals surface area contributed by atoms with E-state index in [1.54, 1.807) is 37.3 Å². The fourth-order valence-electron chi connectivity index (χ4n) is 2.73. The summed E-state index contributed by atoms with van der Waals surface area (Å²) in [5, 5.41) is 10.1. The van der Waals surface area contributed by atoms with E-state index in [2.05, 4.69) is 0 Å². The zero-order chi connectivity index (χ0) is 14.7. The van der Waals surface area contributed by atoms with Gasteiger partial charge in [0, 0.05) is 12.7 Å². The number of hydrogen-bond acceptors (Lipinski definition) is 4. The Kier molecular flexibility index (Phi) is 4.49. The summed E-state index contributed by atoms with van der Waals surface area (Å²) in [4.78, 5) is 14.2. The molecule has 0 spiro atoms. The second kappa shape index (κ2) is 6.13. The van der Waals surface area contributed by atoms with Crippen molar-refractivity contribution in [2.45, 2.75) is 37.8 Å². The van der Waals surface area contributed by atoms with Gasteiger partial charge in [0.2, 0.25) is 0 Å². The maximum absolute atomic E-state index is 12.6. The van der Waals surface area contributed by atoms with Crippen LogP contribution in [0.5, 0.6) is 5.75 Å². The van der Waals surface area contributed by atoms with Crippen LogP contribution in [-0.2, 0) is 0 Å². The minimum Gasteiger partial charge on any atom is -0.497 e. The van der Waals surface area contributed by atoms with Crippen molar-refractivity contribution in [1.29, 1.82) is 0 Å². The van der Waals surface area contributed by atoms with Gasteiger partial charge in [0.05, 0.1) is 24.8 Å². The molecule has 1 saturated carbocycles. The Labute approximate surface area is 119 Å². The summed E-state index contributed by atoms with van der Waals surface area (Å²) in [6.45, 7) is 0. The number of amides is 1. The van der Waals surface area contributed by atoms with Crippen LogP contribution in [0.1, 0.15) is 36.0 Å². The third-order valence-corrected chi connectivity index (χ3v) is 4.00. The van der Waals surface area contributed by atoms with Crippen molar-refractivity contribution >= 4 is 11.6 Å². The molecule has 20 heavy (non-hydrogen) atoms. The molecule has 0 saturated heterocycles. The quantitative estimate of drug-likeness (QED) is 0.824. The predicted octanol–water partition coefficient (Wildman–Crippen LogP) is 1.65. The van der Waals surface area contributed by atoms with Gasteiger partial charge in [0.15, 0.2) is 0 Å². The lowest BCUT2D eigenvalue weighted by molar-refractivity contribution is 0.0268. The highest BCUT2D eigenvalue weighted by molar-refractivity contribution is 5.99. The Morgan fingerprint density at radius 3 is 2.75 bits per heavy atom. The van der Waals surface area contributed by atoms with Gasteiger partial charge in [0.1, 0.15) is 5.75 Å². The lowest BCUT2D eigenvalue weighted by Gasteiger charge is -2.35. The first-order valence-corrected chi connectivity index (χ1v) is 6.93. The van der Waals surface area contributed by atoms with Crippen molar-refractivity contribution in [2.75, 3.05) is 19.9 Å². The zero-order valence-corrected chi connectivity index (χ0v) is 12.0. The maximum Gasteiger partial charge on any atom is 0.256 e. The SMILES string of the molecule is COc1ccc(N)c(C(=O)N(C)C2CCCCC2O)c1. The number of nitrogens with zero attached hydrogens (tertiary/aromatic N) is 1. The Morgan fingerprint density at radius 1 is 1.40 bits per heavy atom. The molecule has 3 N–H and O–H groups in total. The molecule has 2 atom stereocenters. The second-order valence-electron chi connectivity index (χ2n) is 5.29. The van der Waals surface area contributed by atoms with E-state index < -0.39 is 6.10 Å². The number of aliphatic hydroxyl groups excluding tert-OH is 1. The molecule has 5 nitrogen and oxygen atoms in total. The van der Waals surface area contributed by atoms with E-state index >= 15 is 0 Å². The molecule has 1 aromatic carbocycles. The van der Waals surface area contributed by atoms with E-state index in [0.717, 1.165) is 25.7 Å². The largest absolute Gasteiger partial charge is 0.497 e. The van der Waals surface area contributed by atoms with Crippen molar-refractivity contribution in [3.05, 3.63) is 23.8 Å². The number of hydrogen-bond donors (Lipinski definition) is 2. The van der Waals surface area contributed by atoms with Crippen LogP contribution in [0.15, 0.2) is 18.2 Å². The highest BCUT2D eigenvalue weighted by Crippen LogP contribution is 2.26. The van der Waals surface area contributed by atoms with Gasteiger partial charge >= 0.3 is 0 Å². The van der Waals surface area contributed by atoms with E-state index in [1.165, 1.54) is 0 Å². The van der Waals surface area contributed by atoms with Crippen LogP contribution >= 0.6 is 0 Å². The molecular weight excluding hydrogens is 256 g/mol. The third kappa shape index (κ3) is 2.88. The Morgan fingerprint density at radius 2 is 2.10 bits per heavy atom. The monoisotopic (exact) mass is 278 g/mol. The molecule has 1 amide bonds. The van der Waals surface area contributed by atoms with Crippen LogP contribution in [0.2, 0.25) is 0 Å². The van der Waals surface area contributed by atoms with E-state index in [9.17, 15) is 9.90 Å². The van der Waals surface area contributed by atoms with Crippen LogP contribution in [0, 0.1) is 0 Å². The Bertz CT molecular complexity index is 490. The normalized spacial score (nSPS) is 22.4. The smallest absolute Gasteiger partial charge is 0.256 e. The zero-order valence-electron chi connectivity index (χ0n) is 12.0. The number of rotatable bonds is 3. The van der Waals surface area contributed by atoms with E-state index in [1.807, 2.05) is 0 Å². The summed E-state index contributed by atoms with van der Waals surface area (Å²) in [7, 11) is 3.27. The Balaban J connectivity index is 2.21. The lowest BCUT2D eigenvalue weighted by atomic mass is 9.91. The van der Waals surface area contributed by atoms with Crippen molar-refractivity contribution in [3.8, 4) is 5.75 Å². The van der Waals surface area contributed by atoms with Crippen LogP contribution in [-0.4, -0.2) is 42.2 Å². The number of likely N-dealkylation sites (N-methyl/N-ethyl adjacent to an activating group) is 1. The van der Waals surface area contributed by atoms with Gasteiger partial charge in [0.25, 0.3) is 5.91 Å². The first-order valence-electron chi connectivity index (χ1n) is 6.93. The molecule has 1 fully saturated rings. The number of benzene rings is 1. The standard InChI is InChI=1S/C15H22N2O3/c1-17(13-5-3-4-6-14(13)18)15(19)11-9-10(20-2)7-8-12(11)16/h7-9,13-14,18H,3-6,16H2,1-2H3. The summed E-state index contributed by atoms with van der Waals surface area (Å²) in [6, 6.07) is 4.89. The van der Waals surface area contributed by atoms with Crippen LogP contribution in [0.25, 0.3) is 0 Å². The number of ether oxygens (including phenoxy) is 1. The van der Waals surface area contributed by atoms with E-state index in [4.69, 9.17) is 10.5 Å². The predicted molar refractivity (Wildman–Crippen MR) is 77.8 cm³/mol. The van der Waals surface area contributed by atoms with Crippen molar-refractivity contribution in [3.63, 3.8) is 0 Å². The summed E-state index contributed by atoms with van der Waals surface area (Å²) in [5.41, 5.74) is 6.73. The molecule has 1 aromatic rings. The number of nitrogen functional groups attached to an aromatic ring is 1. The second-order valence-corrected chi connectivity index (χ2v) is 5.29. The number of anilines is 1. The van der Waals surface area contributed by atoms with E-state index in [0.29, 0.717) is 17.0 Å². The molecule has 0 radical (unpaired) electrons. The van der Waals surface area contributed by atoms with Crippen LogP contribution < -0.4 is 10.5 Å². The van der Waals surface area contributed by atoms with Crippen LogP contribution in [0.3, 0.4) is 0 Å². The van der Waals surface area contributed by atoms with Gasteiger partial charge in [-0.3, -0.25) is 4.79 Å². The minimum atomic E-state index is -0.454. The Hall–Kier alpha value is -1.75. The number of carbonyl (C=O) groups excluding carboxylic acids is 1. The highest BCUT2D eigenvalue weighted by Gasteiger charge is 2.30. The highest BCUT2D eigenvalue weighted by atomic mass is 16.5. The van der Waals surface area contributed by atoms with Crippen molar-refractivity contribution < 1.29 is 14.6 Å². The summed E-state index contributed by atoms with van der Waals surface area (Å²) >= 11 is 0. The topological polar surface area (TPSA) is 75.8 Å². The lowest BCUT2D eigenvalue weighted by Crippen LogP contribution is -2.46. The van der Waals surface area contributed by atoms with Gasteiger partial charge in [-0.05, 0) is 31.0 Å². The average molecular weight is 278 g/mol. The van der Waals surface area contributed by atoms with Gasteiger partial charge < -0.3 is 20.5 Å². The molecule has 110 valence electrons. The summed E-state index contributed by atoms with van der Waals surface area (Å²) < 4.78 is 5.13. The average Bonchev–Trinajstić information content (AvgIpc) is 2.47. The first-order chi connectivity index (χ1) is 9.54. The molecule has 5 heteroatoms. The minimum absolute atomic E-state index is 0.137. The molecule has 0 heterocycles. The molecule has 0 bridgehead atoms. The van der Waals surface area contributed by atoms with Gasteiger partial charge in [-0.25, -0.2) is 0 Å². The fraction of sp³-hybridized carbons (Fsp3) is 0.533. The van der Waals surface area contributed by atoms with E-state index in [-0.39, 0.29) is 11.9 Å². The summed E-state index contributed by atoms with van der Waals surface area (Å²) in [6.07, 6.45) is 3.17. The summed E-state index contributed by atoms with van der Waals surface area (Å²) in [5.74, 6) is 0.424. The third-order valence-electron chi connectivity index (χ3n) is 4.00. The molecule has 0 aromatic heterocycles. The number of carbonyl (C=O) groups is 1. The number of aliphatic hydroxyl groups is 1. The molecule has 1 aliphatic carbocycles.